The molecule has 1 fully saturated rings. The van der Waals surface area contributed by atoms with E-state index in [1.165, 1.54) is 11.1 Å². The maximum atomic E-state index is 13.9. The highest BCUT2D eigenvalue weighted by molar-refractivity contribution is 5.83. The molecular formula is C29H28N4O2. The lowest BCUT2D eigenvalue weighted by Gasteiger charge is -2.30. The Bertz CT molecular complexity index is 1460. The molecule has 4 heterocycles. The average Bonchev–Trinajstić information content (AvgIpc) is 3.49. The number of imidazole rings is 1. The van der Waals surface area contributed by atoms with Crippen molar-refractivity contribution in [3.8, 4) is 16.9 Å². The van der Waals surface area contributed by atoms with Crippen LogP contribution in [0.4, 0.5) is 4.79 Å². The van der Waals surface area contributed by atoms with Crippen LogP contribution in [0.5, 0.6) is 5.75 Å². The molecule has 7 rings (SSSR count). The van der Waals surface area contributed by atoms with Crippen molar-refractivity contribution in [2.45, 2.75) is 45.3 Å². The zero-order valence-electron chi connectivity index (χ0n) is 20.0. The lowest BCUT2D eigenvalue weighted by atomic mass is 9.92. The van der Waals surface area contributed by atoms with E-state index in [0.29, 0.717) is 19.7 Å². The third kappa shape index (κ3) is 3.16. The fraction of sp³-hybridized carbons (Fsp3) is 0.310. The molecule has 176 valence electrons. The predicted octanol–water partition coefficient (Wildman–Crippen LogP) is 6.05. The number of benzene rings is 3. The zero-order valence-corrected chi connectivity index (χ0v) is 20.0. The Morgan fingerprint density at radius 2 is 1.77 bits per heavy atom. The van der Waals surface area contributed by atoms with E-state index in [-0.39, 0.29) is 18.1 Å². The number of rotatable bonds is 1. The first-order valence-corrected chi connectivity index (χ1v) is 12.5. The van der Waals surface area contributed by atoms with Gasteiger partial charge in [-0.2, -0.15) is 0 Å². The molecule has 6 nitrogen and oxygen atoms in total. The van der Waals surface area contributed by atoms with Crippen molar-refractivity contribution in [2.75, 3.05) is 13.2 Å². The molecule has 1 aromatic heterocycles. The number of nitrogens with one attached hydrogen (secondary N) is 1. The molecule has 2 amide bonds. The standard InChI is InChI=1S/C29H28N4O2/c1-17-13-20(19-7-8-24-25(15-19)31-18(2)30-24)14-21-16-32(11-12-35-28(17)21)29(34)33-26-9-10-27(33)23-6-4-3-5-22(23)26/h3-8,13-15,26-27H,9-12,16H2,1-2H3,(H,30,31). The average molecular weight is 465 g/mol. The number of carbonyl (C=O) groups excluding carboxylic acids is 1. The van der Waals surface area contributed by atoms with Gasteiger partial charge >= 0.3 is 6.03 Å². The third-order valence-corrected chi connectivity index (χ3v) is 7.84. The van der Waals surface area contributed by atoms with Crippen LogP contribution in [0.3, 0.4) is 0 Å². The summed E-state index contributed by atoms with van der Waals surface area (Å²) >= 11 is 0. The van der Waals surface area contributed by atoms with Crippen molar-refractivity contribution >= 4 is 17.1 Å². The van der Waals surface area contributed by atoms with Crippen LogP contribution in [0.2, 0.25) is 0 Å². The number of ether oxygens (including phenoxy) is 1. The van der Waals surface area contributed by atoms with Crippen LogP contribution in [-0.2, 0) is 6.54 Å². The number of urea groups is 1. The largest absolute Gasteiger partial charge is 0.491 e. The summed E-state index contributed by atoms with van der Waals surface area (Å²) < 4.78 is 6.19. The van der Waals surface area contributed by atoms with Crippen LogP contribution < -0.4 is 4.74 Å². The predicted molar refractivity (Wildman–Crippen MR) is 135 cm³/mol. The number of nitrogens with zero attached hydrogens (tertiary/aromatic N) is 3. The fourth-order valence-corrected chi connectivity index (χ4v) is 6.33. The van der Waals surface area contributed by atoms with Crippen molar-refractivity contribution < 1.29 is 9.53 Å². The van der Waals surface area contributed by atoms with Crippen molar-refractivity contribution in [2.24, 2.45) is 0 Å². The van der Waals surface area contributed by atoms with Gasteiger partial charge in [0.2, 0.25) is 0 Å². The van der Waals surface area contributed by atoms with Crippen LogP contribution in [0.25, 0.3) is 22.2 Å². The van der Waals surface area contributed by atoms with E-state index < -0.39 is 0 Å². The van der Waals surface area contributed by atoms with Gasteiger partial charge in [0.1, 0.15) is 18.2 Å². The Balaban J connectivity index is 1.21. The number of fused-ring (bicyclic) bond motifs is 7. The van der Waals surface area contributed by atoms with Crippen molar-refractivity contribution in [1.82, 2.24) is 19.8 Å². The summed E-state index contributed by atoms with van der Waals surface area (Å²) in [7, 11) is 0. The molecule has 3 aliphatic rings. The summed E-state index contributed by atoms with van der Waals surface area (Å²) in [5.41, 5.74) is 9.07. The fourth-order valence-electron chi connectivity index (χ4n) is 6.33. The SMILES string of the molecule is Cc1nc2ccc(-c3cc(C)c4c(c3)CN(C(=O)N3C5CCC3c3ccccc35)CCO4)cc2[nH]1. The number of hydrogen-bond donors (Lipinski definition) is 1. The van der Waals surface area contributed by atoms with Gasteiger partial charge in [0.25, 0.3) is 0 Å². The second-order valence-corrected chi connectivity index (χ2v) is 10.0. The number of aryl methyl sites for hydroxylation is 2. The maximum absolute atomic E-state index is 13.9. The summed E-state index contributed by atoms with van der Waals surface area (Å²) in [5, 5.41) is 0. The molecule has 35 heavy (non-hydrogen) atoms. The van der Waals surface area contributed by atoms with Gasteiger partial charge in [-0.3, -0.25) is 0 Å². The Labute approximate surface area is 204 Å². The molecule has 3 aromatic carbocycles. The van der Waals surface area contributed by atoms with E-state index in [1.807, 2.05) is 11.8 Å². The van der Waals surface area contributed by atoms with Gasteiger partial charge in [0.15, 0.2) is 0 Å². The molecule has 0 saturated carbocycles. The molecule has 2 bridgehead atoms. The van der Waals surface area contributed by atoms with Crippen LogP contribution in [0.1, 0.15) is 53.0 Å². The maximum Gasteiger partial charge on any atom is 0.321 e. The van der Waals surface area contributed by atoms with Crippen molar-refractivity contribution in [3.63, 3.8) is 0 Å². The smallest absolute Gasteiger partial charge is 0.321 e. The molecule has 4 aromatic rings. The molecule has 6 heteroatoms. The number of aromatic nitrogens is 2. The van der Waals surface area contributed by atoms with Gasteiger partial charge in [-0.25, -0.2) is 9.78 Å². The minimum Gasteiger partial charge on any atom is -0.491 e. The molecule has 1 N–H and O–H groups in total. The second kappa shape index (κ2) is 7.60. The molecule has 0 aliphatic carbocycles. The van der Waals surface area contributed by atoms with Gasteiger partial charge in [-0.1, -0.05) is 30.3 Å². The zero-order chi connectivity index (χ0) is 23.7. The highest BCUT2D eigenvalue weighted by atomic mass is 16.5. The monoisotopic (exact) mass is 464 g/mol. The number of hydrogen-bond acceptors (Lipinski definition) is 3. The Hall–Kier alpha value is -3.80. The van der Waals surface area contributed by atoms with Crippen molar-refractivity contribution in [3.05, 3.63) is 82.7 Å². The van der Waals surface area contributed by atoms with Gasteiger partial charge in [-0.15, -0.1) is 0 Å². The van der Waals surface area contributed by atoms with Gasteiger partial charge < -0.3 is 19.5 Å². The number of aromatic amines is 1. The topological polar surface area (TPSA) is 61.5 Å². The lowest BCUT2D eigenvalue weighted by Crippen LogP contribution is -2.42. The summed E-state index contributed by atoms with van der Waals surface area (Å²) in [6, 6.07) is 19.8. The first kappa shape index (κ1) is 20.6. The summed E-state index contributed by atoms with van der Waals surface area (Å²) in [5.74, 6) is 1.83. The van der Waals surface area contributed by atoms with Gasteiger partial charge in [0, 0.05) is 5.56 Å². The molecule has 1 saturated heterocycles. The van der Waals surface area contributed by atoms with Crippen molar-refractivity contribution in [1.29, 1.82) is 0 Å². The Kier molecular flexibility index (Phi) is 4.47. The van der Waals surface area contributed by atoms with Gasteiger partial charge in [-0.05, 0) is 78.8 Å². The van der Waals surface area contributed by atoms with E-state index in [0.717, 1.165) is 57.7 Å². The molecule has 2 atom stereocenters. The van der Waals surface area contributed by atoms with Crippen LogP contribution in [-0.4, -0.2) is 39.0 Å². The highest BCUT2D eigenvalue weighted by Gasteiger charge is 2.47. The number of carbonyl (C=O) groups is 1. The van der Waals surface area contributed by atoms with E-state index in [9.17, 15) is 4.79 Å². The summed E-state index contributed by atoms with van der Waals surface area (Å²) in [6.45, 7) is 5.72. The quantitative estimate of drug-likeness (QED) is 0.373. The van der Waals surface area contributed by atoms with Crippen LogP contribution in [0.15, 0.2) is 54.6 Å². The van der Waals surface area contributed by atoms with E-state index in [2.05, 4.69) is 76.4 Å². The number of amides is 2. The molecule has 0 radical (unpaired) electrons. The first-order chi connectivity index (χ1) is 17.1. The first-order valence-electron chi connectivity index (χ1n) is 12.5. The van der Waals surface area contributed by atoms with E-state index >= 15 is 0 Å². The lowest BCUT2D eigenvalue weighted by molar-refractivity contribution is 0.132. The van der Waals surface area contributed by atoms with Crippen LogP contribution >= 0.6 is 0 Å². The van der Waals surface area contributed by atoms with Gasteiger partial charge in [0.05, 0.1) is 36.2 Å². The molecular weight excluding hydrogens is 436 g/mol. The Morgan fingerprint density at radius 3 is 2.54 bits per heavy atom. The number of H-pyrrole nitrogens is 1. The van der Waals surface area contributed by atoms with E-state index in [1.54, 1.807) is 0 Å². The molecule has 0 spiro atoms. The second-order valence-electron chi connectivity index (χ2n) is 10.0. The third-order valence-electron chi connectivity index (χ3n) is 7.84. The summed E-state index contributed by atoms with van der Waals surface area (Å²) in [4.78, 5) is 25.8. The highest BCUT2D eigenvalue weighted by Crippen LogP contribution is 2.53. The minimum atomic E-state index is 0.127. The molecule has 3 aliphatic heterocycles. The van der Waals surface area contributed by atoms with Crippen LogP contribution in [0, 0.1) is 13.8 Å². The summed E-state index contributed by atoms with van der Waals surface area (Å²) in [6.07, 6.45) is 2.10. The van der Waals surface area contributed by atoms with E-state index in [4.69, 9.17) is 4.74 Å². The molecule has 2 unspecified atom stereocenters. The normalized spacial score (nSPS) is 20.5. The minimum absolute atomic E-state index is 0.127. The Morgan fingerprint density at radius 1 is 1.00 bits per heavy atom.